The Bertz CT molecular complexity index is 446. The molecular formula is C13H19N3OS. The predicted octanol–water partition coefficient (Wildman–Crippen LogP) is 1.38. The third-order valence-corrected chi connectivity index (χ3v) is 3.72. The summed E-state index contributed by atoms with van der Waals surface area (Å²) in [6.07, 6.45) is 5.30. The first kappa shape index (κ1) is 13.2. The van der Waals surface area contributed by atoms with Crippen LogP contribution in [0.2, 0.25) is 0 Å². The van der Waals surface area contributed by atoms with Crippen LogP contribution in [0.25, 0.3) is 0 Å². The molecule has 98 valence electrons. The normalized spacial score (nSPS) is 15.2. The second-order valence-corrected chi connectivity index (χ2v) is 5.13. The summed E-state index contributed by atoms with van der Waals surface area (Å²) < 4.78 is 0. The van der Waals surface area contributed by atoms with Gasteiger partial charge in [-0.25, -0.2) is 4.98 Å². The Morgan fingerprint density at radius 3 is 2.83 bits per heavy atom. The van der Waals surface area contributed by atoms with Gasteiger partial charge >= 0.3 is 0 Å². The molecule has 1 aliphatic carbocycles. The fourth-order valence-corrected chi connectivity index (χ4v) is 2.59. The number of hydrogen-bond donors (Lipinski definition) is 2. The number of nitrogens with two attached hydrogens (primary N) is 1. The van der Waals surface area contributed by atoms with E-state index >= 15 is 0 Å². The fourth-order valence-electron chi connectivity index (χ4n) is 2.33. The van der Waals surface area contributed by atoms with Crippen molar-refractivity contribution in [3.8, 4) is 0 Å². The summed E-state index contributed by atoms with van der Waals surface area (Å²) in [6, 6.07) is 2.37. The van der Waals surface area contributed by atoms with Gasteiger partial charge in [0.1, 0.15) is 10.8 Å². The Hall–Kier alpha value is -1.20. The topological polar surface area (TPSA) is 62.4 Å². The van der Waals surface area contributed by atoms with E-state index in [-0.39, 0.29) is 6.61 Å². The largest absolute Gasteiger partial charge is 0.395 e. The number of anilines is 1. The average molecular weight is 265 g/mol. The van der Waals surface area contributed by atoms with Gasteiger partial charge in [0.25, 0.3) is 0 Å². The van der Waals surface area contributed by atoms with Crippen LogP contribution in [0.5, 0.6) is 0 Å². The maximum atomic E-state index is 9.23. The number of aromatic nitrogens is 1. The van der Waals surface area contributed by atoms with E-state index in [4.69, 9.17) is 18.0 Å². The third-order valence-electron chi connectivity index (χ3n) is 3.51. The van der Waals surface area contributed by atoms with E-state index in [0.717, 1.165) is 29.8 Å². The molecule has 2 rings (SSSR count). The molecule has 0 bridgehead atoms. The molecule has 4 nitrogen and oxygen atoms in total. The number of nitrogens with zero attached hydrogens (tertiary/aromatic N) is 2. The van der Waals surface area contributed by atoms with Crippen molar-refractivity contribution in [1.29, 1.82) is 0 Å². The minimum atomic E-state index is 0.114. The van der Waals surface area contributed by atoms with Crippen molar-refractivity contribution >= 4 is 23.0 Å². The second kappa shape index (κ2) is 5.63. The number of rotatable bonds is 5. The lowest BCUT2D eigenvalue weighted by Gasteiger charge is -2.39. The Morgan fingerprint density at radius 1 is 1.61 bits per heavy atom. The number of thiocarbonyl (C=S) groups is 1. The SMILES string of the molecule is Cc1ccnc(N(CCO)C2CCC2)c1C(N)=S. The molecule has 0 unspecified atom stereocenters. The van der Waals surface area contributed by atoms with E-state index in [9.17, 15) is 5.11 Å². The van der Waals surface area contributed by atoms with Crippen molar-refractivity contribution in [3.05, 3.63) is 23.4 Å². The smallest absolute Gasteiger partial charge is 0.139 e. The Labute approximate surface area is 113 Å². The summed E-state index contributed by atoms with van der Waals surface area (Å²) in [4.78, 5) is 6.95. The van der Waals surface area contributed by atoms with E-state index in [1.807, 2.05) is 13.0 Å². The number of aliphatic hydroxyl groups is 1. The molecule has 1 aromatic heterocycles. The molecule has 0 saturated heterocycles. The first-order chi connectivity index (χ1) is 8.65. The lowest BCUT2D eigenvalue weighted by atomic mass is 9.91. The zero-order chi connectivity index (χ0) is 13.1. The van der Waals surface area contributed by atoms with E-state index in [1.165, 1.54) is 6.42 Å². The highest BCUT2D eigenvalue weighted by Crippen LogP contribution is 2.31. The van der Waals surface area contributed by atoms with Crippen molar-refractivity contribution < 1.29 is 5.11 Å². The van der Waals surface area contributed by atoms with Crippen molar-refractivity contribution in [2.45, 2.75) is 32.2 Å². The molecule has 0 aliphatic heterocycles. The van der Waals surface area contributed by atoms with E-state index in [1.54, 1.807) is 6.20 Å². The van der Waals surface area contributed by atoms with Gasteiger partial charge < -0.3 is 15.7 Å². The molecule has 5 heteroatoms. The van der Waals surface area contributed by atoms with Gasteiger partial charge in [-0.2, -0.15) is 0 Å². The molecule has 3 N–H and O–H groups in total. The maximum absolute atomic E-state index is 9.23. The van der Waals surface area contributed by atoms with Crippen LogP contribution in [0, 0.1) is 6.92 Å². The molecule has 18 heavy (non-hydrogen) atoms. The number of pyridine rings is 1. The number of aryl methyl sites for hydroxylation is 1. The molecule has 1 saturated carbocycles. The van der Waals surface area contributed by atoms with Crippen LogP contribution in [0.15, 0.2) is 12.3 Å². The highest BCUT2D eigenvalue weighted by atomic mass is 32.1. The molecule has 0 amide bonds. The average Bonchev–Trinajstić information content (AvgIpc) is 2.25. The second-order valence-electron chi connectivity index (χ2n) is 4.69. The van der Waals surface area contributed by atoms with Crippen LogP contribution in [0.1, 0.15) is 30.4 Å². The monoisotopic (exact) mass is 265 g/mol. The van der Waals surface area contributed by atoms with Crippen LogP contribution in [-0.4, -0.2) is 34.3 Å². The van der Waals surface area contributed by atoms with Crippen LogP contribution < -0.4 is 10.6 Å². The lowest BCUT2D eigenvalue weighted by molar-refractivity contribution is 0.283. The summed E-state index contributed by atoms with van der Waals surface area (Å²) in [6.45, 7) is 2.68. The quantitative estimate of drug-likeness (QED) is 0.788. The minimum Gasteiger partial charge on any atom is -0.395 e. The highest BCUT2D eigenvalue weighted by molar-refractivity contribution is 7.80. The molecule has 1 fully saturated rings. The third kappa shape index (κ3) is 2.47. The molecule has 0 radical (unpaired) electrons. The predicted molar refractivity (Wildman–Crippen MR) is 76.9 cm³/mol. The van der Waals surface area contributed by atoms with E-state index in [2.05, 4.69) is 9.88 Å². The summed E-state index contributed by atoms with van der Waals surface area (Å²) in [5.74, 6) is 0.821. The molecule has 1 aromatic rings. The minimum absolute atomic E-state index is 0.114. The van der Waals surface area contributed by atoms with Gasteiger partial charge in [0, 0.05) is 18.8 Å². The summed E-state index contributed by atoms with van der Waals surface area (Å²) in [7, 11) is 0. The highest BCUT2D eigenvalue weighted by Gasteiger charge is 2.28. The fraction of sp³-hybridized carbons (Fsp3) is 0.538. The zero-order valence-corrected chi connectivity index (χ0v) is 11.4. The lowest BCUT2D eigenvalue weighted by Crippen LogP contribution is -2.43. The van der Waals surface area contributed by atoms with Crippen molar-refractivity contribution in [1.82, 2.24) is 4.98 Å². The van der Waals surface area contributed by atoms with Gasteiger partial charge in [-0.1, -0.05) is 12.2 Å². The number of aliphatic hydroxyl groups excluding tert-OH is 1. The summed E-state index contributed by atoms with van der Waals surface area (Å²) in [5, 5.41) is 9.23. The van der Waals surface area contributed by atoms with Crippen molar-refractivity contribution in [2.24, 2.45) is 5.73 Å². The first-order valence-corrected chi connectivity index (χ1v) is 6.69. The Balaban J connectivity index is 2.39. The Morgan fingerprint density at radius 2 is 2.33 bits per heavy atom. The van der Waals surface area contributed by atoms with Gasteiger partial charge in [0.05, 0.1) is 12.2 Å². The van der Waals surface area contributed by atoms with Crippen LogP contribution in [0.3, 0.4) is 0 Å². The molecule has 1 aliphatic rings. The van der Waals surface area contributed by atoms with Crippen LogP contribution in [-0.2, 0) is 0 Å². The summed E-state index contributed by atoms with van der Waals surface area (Å²) in [5.41, 5.74) is 7.69. The van der Waals surface area contributed by atoms with Gasteiger partial charge in [0.2, 0.25) is 0 Å². The van der Waals surface area contributed by atoms with E-state index in [0.29, 0.717) is 17.6 Å². The molecule has 0 spiro atoms. The molecule has 0 aromatic carbocycles. The van der Waals surface area contributed by atoms with Gasteiger partial charge in [-0.05, 0) is 37.8 Å². The van der Waals surface area contributed by atoms with Gasteiger partial charge in [0.15, 0.2) is 0 Å². The van der Waals surface area contributed by atoms with E-state index < -0.39 is 0 Å². The standard InChI is InChI=1S/C13H19N3OS/c1-9-5-6-15-13(11(9)12(14)18)16(7-8-17)10-3-2-4-10/h5-6,10,17H,2-4,7-8H2,1H3,(H2,14,18). The Kier molecular flexibility index (Phi) is 4.14. The summed E-state index contributed by atoms with van der Waals surface area (Å²) >= 11 is 5.13. The zero-order valence-electron chi connectivity index (χ0n) is 10.6. The van der Waals surface area contributed by atoms with Gasteiger partial charge in [-0.15, -0.1) is 0 Å². The number of hydrogen-bond acceptors (Lipinski definition) is 4. The molecule has 0 atom stereocenters. The van der Waals surface area contributed by atoms with Crippen molar-refractivity contribution in [2.75, 3.05) is 18.1 Å². The molecular weight excluding hydrogens is 246 g/mol. The van der Waals surface area contributed by atoms with Gasteiger partial charge in [-0.3, -0.25) is 0 Å². The first-order valence-electron chi connectivity index (χ1n) is 6.28. The molecule has 1 heterocycles. The van der Waals surface area contributed by atoms with Crippen molar-refractivity contribution in [3.63, 3.8) is 0 Å². The van der Waals surface area contributed by atoms with Crippen LogP contribution in [0.4, 0.5) is 5.82 Å². The maximum Gasteiger partial charge on any atom is 0.139 e. The van der Waals surface area contributed by atoms with Crippen LogP contribution >= 0.6 is 12.2 Å².